The van der Waals surface area contributed by atoms with Crippen LogP contribution in [0, 0.1) is 11.6 Å². The Labute approximate surface area is 120 Å². The van der Waals surface area contributed by atoms with Crippen LogP contribution in [0.25, 0.3) is 11.5 Å². The fourth-order valence-electron chi connectivity index (χ4n) is 2.69. The van der Waals surface area contributed by atoms with E-state index in [4.69, 9.17) is 15.0 Å². The molecule has 1 aliphatic carbocycles. The van der Waals surface area contributed by atoms with Gasteiger partial charge in [0, 0.05) is 0 Å². The zero-order valence-electron chi connectivity index (χ0n) is 11.5. The molecule has 3 rings (SSSR count). The van der Waals surface area contributed by atoms with Crippen molar-refractivity contribution in [1.82, 2.24) is 10.1 Å². The normalized spacial score (nSPS) is 17.1. The van der Waals surface area contributed by atoms with Gasteiger partial charge in [-0.25, -0.2) is 8.78 Å². The predicted octanol–water partition coefficient (Wildman–Crippen LogP) is 2.75. The highest BCUT2D eigenvalue weighted by Gasteiger charge is 2.36. The first-order valence-electron chi connectivity index (χ1n) is 6.70. The van der Waals surface area contributed by atoms with Crippen LogP contribution in [0.5, 0.6) is 5.75 Å². The van der Waals surface area contributed by atoms with E-state index in [-0.39, 0.29) is 17.2 Å². The van der Waals surface area contributed by atoms with Gasteiger partial charge in [0.2, 0.25) is 0 Å². The van der Waals surface area contributed by atoms with Gasteiger partial charge in [0.15, 0.2) is 17.4 Å². The third-order valence-corrected chi connectivity index (χ3v) is 3.84. The van der Waals surface area contributed by atoms with E-state index in [9.17, 15) is 8.78 Å². The van der Waals surface area contributed by atoms with Crippen LogP contribution in [0.1, 0.15) is 31.5 Å². The molecule has 7 heteroatoms. The second-order valence-electron chi connectivity index (χ2n) is 5.22. The first-order chi connectivity index (χ1) is 10.0. The number of nitrogens with two attached hydrogens (primary N) is 1. The summed E-state index contributed by atoms with van der Waals surface area (Å²) in [5, 5.41) is 3.84. The number of halogens is 2. The fourth-order valence-corrected chi connectivity index (χ4v) is 2.69. The number of rotatable bonds is 3. The fraction of sp³-hybridized carbons (Fsp3) is 0.429. The number of hydrogen-bond donors (Lipinski definition) is 1. The predicted molar refractivity (Wildman–Crippen MR) is 70.5 cm³/mol. The quantitative estimate of drug-likeness (QED) is 0.942. The van der Waals surface area contributed by atoms with Gasteiger partial charge in [0.1, 0.15) is 11.4 Å². The van der Waals surface area contributed by atoms with Gasteiger partial charge in [-0.3, -0.25) is 0 Å². The third-order valence-electron chi connectivity index (χ3n) is 3.84. The molecule has 0 spiro atoms. The van der Waals surface area contributed by atoms with E-state index in [2.05, 4.69) is 10.1 Å². The van der Waals surface area contributed by atoms with Gasteiger partial charge < -0.3 is 15.0 Å². The second-order valence-corrected chi connectivity index (χ2v) is 5.22. The number of hydrogen-bond acceptors (Lipinski definition) is 5. The Bertz CT molecular complexity index is 666. The third kappa shape index (κ3) is 2.27. The van der Waals surface area contributed by atoms with Gasteiger partial charge in [-0.05, 0) is 25.0 Å². The summed E-state index contributed by atoms with van der Waals surface area (Å²) in [7, 11) is 1.25. The minimum atomic E-state index is -0.697. The highest BCUT2D eigenvalue weighted by Crippen LogP contribution is 2.38. The Morgan fingerprint density at radius 2 is 1.90 bits per heavy atom. The Kier molecular flexibility index (Phi) is 3.36. The van der Waals surface area contributed by atoms with Crippen LogP contribution in [0.2, 0.25) is 0 Å². The summed E-state index contributed by atoms with van der Waals surface area (Å²) < 4.78 is 37.6. The van der Waals surface area contributed by atoms with Crippen LogP contribution < -0.4 is 10.5 Å². The molecule has 2 aromatic rings. The molecule has 1 aliphatic rings. The minimum Gasteiger partial charge on any atom is -0.493 e. The van der Waals surface area contributed by atoms with Crippen molar-refractivity contribution >= 4 is 0 Å². The molecule has 2 N–H and O–H groups in total. The van der Waals surface area contributed by atoms with Crippen molar-refractivity contribution in [2.24, 2.45) is 5.73 Å². The van der Waals surface area contributed by atoms with Crippen molar-refractivity contribution in [3.8, 4) is 17.2 Å². The van der Waals surface area contributed by atoms with Crippen LogP contribution >= 0.6 is 0 Å². The Morgan fingerprint density at radius 3 is 2.57 bits per heavy atom. The summed E-state index contributed by atoms with van der Waals surface area (Å²) >= 11 is 0. The first kappa shape index (κ1) is 13.9. The second kappa shape index (κ2) is 5.07. The standard InChI is InChI=1S/C14H15F2N3O2/c1-20-11-9(16)5-4-8(15)10(11)12-18-13(19-21-12)14(17)6-2-3-7-14/h4-5H,2-3,6-7,17H2,1H3. The van der Waals surface area contributed by atoms with Crippen molar-refractivity contribution in [2.75, 3.05) is 7.11 Å². The highest BCUT2D eigenvalue weighted by molar-refractivity contribution is 5.64. The molecule has 5 nitrogen and oxygen atoms in total. The van der Waals surface area contributed by atoms with Crippen LogP contribution in [0.15, 0.2) is 16.7 Å². The lowest BCUT2D eigenvalue weighted by atomic mass is 9.98. The molecule has 0 saturated heterocycles. The monoisotopic (exact) mass is 295 g/mol. The Hall–Kier alpha value is -2.02. The van der Waals surface area contributed by atoms with E-state index >= 15 is 0 Å². The van der Waals surface area contributed by atoms with E-state index in [0.29, 0.717) is 5.82 Å². The maximum Gasteiger partial charge on any atom is 0.264 e. The number of benzene rings is 1. The molecular weight excluding hydrogens is 280 g/mol. The minimum absolute atomic E-state index is 0.129. The summed E-state index contributed by atoms with van der Waals surface area (Å²) in [6.07, 6.45) is 3.46. The average Bonchev–Trinajstić information content (AvgIpc) is 3.11. The lowest BCUT2D eigenvalue weighted by Crippen LogP contribution is -2.34. The summed E-state index contributed by atoms with van der Waals surface area (Å²) in [5.41, 5.74) is 5.39. The number of aromatic nitrogens is 2. The molecule has 21 heavy (non-hydrogen) atoms. The molecule has 0 bridgehead atoms. The van der Waals surface area contributed by atoms with E-state index in [1.54, 1.807) is 0 Å². The van der Waals surface area contributed by atoms with Crippen LogP contribution in [0.4, 0.5) is 8.78 Å². The first-order valence-corrected chi connectivity index (χ1v) is 6.70. The maximum absolute atomic E-state index is 14.0. The van der Waals surface area contributed by atoms with Gasteiger partial charge >= 0.3 is 0 Å². The van der Waals surface area contributed by atoms with Crippen LogP contribution in [0.3, 0.4) is 0 Å². The zero-order chi connectivity index (χ0) is 15.0. The van der Waals surface area contributed by atoms with Gasteiger partial charge in [0.25, 0.3) is 5.89 Å². The zero-order valence-corrected chi connectivity index (χ0v) is 11.5. The lowest BCUT2D eigenvalue weighted by Gasteiger charge is -2.17. The Balaban J connectivity index is 2.06. The number of methoxy groups -OCH3 is 1. The van der Waals surface area contributed by atoms with Crippen molar-refractivity contribution in [2.45, 2.75) is 31.2 Å². The summed E-state index contributed by atoms with van der Waals surface area (Å²) in [4.78, 5) is 4.16. The van der Waals surface area contributed by atoms with Crippen LogP contribution in [-0.2, 0) is 5.54 Å². The topological polar surface area (TPSA) is 74.2 Å². The van der Waals surface area contributed by atoms with Crippen LogP contribution in [-0.4, -0.2) is 17.3 Å². The van der Waals surface area contributed by atoms with Crippen molar-refractivity contribution in [3.63, 3.8) is 0 Å². The molecule has 0 aliphatic heterocycles. The van der Waals surface area contributed by atoms with E-state index in [0.717, 1.165) is 37.8 Å². The molecule has 1 saturated carbocycles. The molecule has 0 amide bonds. The lowest BCUT2D eigenvalue weighted by molar-refractivity contribution is 0.364. The summed E-state index contributed by atoms with van der Waals surface area (Å²) in [6, 6.07) is 1.97. The molecule has 112 valence electrons. The van der Waals surface area contributed by atoms with Crippen molar-refractivity contribution in [1.29, 1.82) is 0 Å². The average molecular weight is 295 g/mol. The largest absolute Gasteiger partial charge is 0.493 e. The molecule has 1 aromatic heterocycles. The SMILES string of the molecule is COc1c(F)ccc(F)c1-c1nc(C2(N)CCCC2)no1. The van der Waals surface area contributed by atoms with E-state index in [1.807, 2.05) is 0 Å². The van der Waals surface area contributed by atoms with Crippen molar-refractivity contribution in [3.05, 3.63) is 29.6 Å². The van der Waals surface area contributed by atoms with E-state index < -0.39 is 17.2 Å². The van der Waals surface area contributed by atoms with Gasteiger partial charge in [-0.2, -0.15) is 4.98 Å². The number of nitrogens with zero attached hydrogens (tertiary/aromatic N) is 2. The van der Waals surface area contributed by atoms with Crippen molar-refractivity contribution < 1.29 is 18.0 Å². The summed E-state index contributed by atoms with van der Waals surface area (Å²) in [6.45, 7) is 0. The molecular formula is C14H15F2N3O2. The number of ether oxygens (including phenoxy) is 1. The molecule has 0 unspecified atom stereocenters. The molecule has 0 atom stereocenters. The van der Waals surface area contributed by atoms with Gasteiger partial charge in [0.05, 0.1) is 12.6 Å². The molecule has 1 heterocycles. The van der Waals surface area contributed by atoms with Gasteiger partial charge in [-0.15, -0.1) is 0 Å². The summed E-state index contributed by atoms with van der Waals surface area (Å²) in [5.74, 6) is -1.46. The Morgan fingerprint density at radius 1 is 1.24 bits per heavy atom. The maximum atomic E-state index is 14.0. The molecule has 1 fully saturated rings. The molecule has 1 aromatic carbocycles. The molecule has 0 radical (unpaired) electrons. The van der Waals surface area contributed by atoms with Gasteiger partial charge in [-0.1, -0.05) is 18.0 Å². The highest BCUT2D eigenvalue weighted by atomic mass is 19.1. The van der Waals surface area contributed by atoms with E-state index in [1.165, 1.54) is 7.11 Å². The smallest absolute Gasteiger partial charge is 0.264 e.